The number of nitrogens with zero attached hydrogens (tertiary/aromatic N) is 1. The number of halogens is 2. The van der Waals surface area contributed by atoms with Gasteiger partial charge in [0, 0.05) is 24.8 Å². The number of hydrogen-bond donors (Lipinski definition) is 1. The van der Waals surface area contributed by atoms with Crippen molar-refractivity contribution in [3.05, 3.63) is 99.5 Å². The summed E-state index contributed by atoms with van der Waals surface area (Å²) in [6.45, 7) is 0.258. The normalized spacial score (nSPS) is 14.4. The SMILES string of the molecule is COc1ccc(CSCC(=O)N(Cc2ccc(Cl)c(Cl)c2)[C@@H](Cc2ccccc2)C(=O)NC2CCCCC2)cc1. The van der Waals surface area contributed by atoms with Crippen molar-refractivity contribution >= 4 is 46.8 Å². The van der Waals surface area contributed by atoms with E-state index in [1.165, 1.54) is 18.2 Å². The topological polar surface area (TPSA) is 58.6 Å². The molecule has 0 aliphatic heterocycles. The summed E-state index contributed by atoms with van der Waals surface area (Å²) in [6, 6.07) is 22.6. The lowest BCUT2D eigenvalue weighted by Crippen LogP contribution is -2.53. The summed E-state index contributed by atoms with van der Waals surface area (Å²) in [5.74, 6) is 1.52. The minimum atomic E-state index is -0.659. The number of ether oxygens (including phenoxy) is 1. The van der Waals surface area contributed by atoms with E-state index < -0.39 is 6.04 Å². The minimum absolute atomic E-state index is 0.0932. The number of hydrogen-bond acceptors (Lipinski definition) is 4. The highest BCUT2D eigenvalue weighted by Crippen LogP contribution is 2.26. The molecule has 0 saturated heterocycles. The number of methoxy groups -OCH3 is 1. The molecular weight excluding hydrogens is 563 g/mol. The molecule has 0 bridgehead atoms. The van der Waals surface area contributed by atoms with E-state index in [9.17, 15) is 9.59 Å². The van der Waals surface area contributed by atoms with Crippen LogP contribution < -0.4 is 10.1 Å². The largest absolute Gasteiger partial charge is 0.497 e. The lowest BCUT2D eigenvalue weighted by molar-refractivity contribution is -0.139. The van der Waals surface area contributed by atoms with E-state index in [-0.39, 0.29) is 30.2 Å². The van der Waals surface area contributed by atoms with Crippen molar-refractivity contribution in [3.8, 4) is 5.75 Å². The van der Waals surface area contributed by atoms with Gasteiger partial charge in [-0.3, -0.25) is 9.59 Å². The van der Waals surface area contributed by atoms with Gasteiger partial charge in [0.2, 0.25) is 11.8 Å². The Morgan fingerprint density at radius 2 is 1.62 bits per heavy atom. The number of carbonyl (C=O) groups excluding carboxylic acids is 2. The van der Waals surface area contributed by atoms with Crippen molar-refractivity contribution in [2.45, 2.75) is 62.9 Å². The quantitative estimate of drug-likeness (QED) is 0.237. The van der Waals surface area contributed by atoms with Crippen LogP contribution in [0.4, 0.5) is 0 Å². The monoisotopic (exact) mass is 598 g/mol. The molecule has 3 aromatic carbocycles. The third-order valence-corrected chi connectivity index (χ3v) is 8.94. The fourth-order valence-electron chi connectivity index (χ4n) is 4.99. The second-order valence-electron chi connectivity index (χ2n) is 10.2. The first-order valence-corrected chi connectivity index (χ1v) is 15.6. The number of rotatable bonds is 12. The van der Waals surface area contributed by atoms with E-state index in [2.05, 4.69) is 5.32 Å². The van der Waals surface area contributed by atoms with E-state index in [4.69, 9.17) is 27.9 Å². The molecule has 0 unspecified atom stereocenters. The van der Waals surface area contributed by atoms with Crippen LogP contribution in [0.25, 0.3) is 0 Å². The smallest absolute Gasteiger partial charge is 0.243 e. The molecule has 1 atom stereocenters. The third kappa shape index (κ3) is 8.92. The van der Waals surface area contributed by atoms with Crippen molar-refractivity contribution in [1.82, 2.24) is 10.2 Å². The Morgan fingerprint density at radius 1 is 0.925 bits per heavy atom. The van der Waals surface area contributed by atoms with Crippen LogP contribution in [0.2, 0.25) is 10.0 Å². The number of carbonyl (C=O) groups is 2. The maximum atomic E-state index is 13.9. The number of nitrogens with one attached hydrogen (secondary N) is 1. The average molecular weight is 600 g/mol. The summed E-state index contributed by atoms with van der Waals surface area (Å²) in [5, 5.41) is 4.15. The van der Waals surface area contributed by atoms with Crippen LogP contribution in [-0.2, 0) is 28.3 Å². The molecule has 1 saturated carbocycles. The summed E-state index contributed by atoms with van der Waals surface area (Å²) in [4.78, 5) is 29.4. The van der Waals surface area contributed by atoms with E-state index >= 15 is 0 Å². The van der Waals surface area contributed by atoms with Crippen LogP contribution in [0, 0.1) is 0 Å². The molecule has 8 heteroatoms. The molecule has 0 radical (unpaired) electrons. The Labute approximate surface area is 251 Å². The van der Waals surface area contributed by atoms with E-state index in [0.29, 0.717) is 22.2 Å². The minimum Gasteiger partial charge on any atom is -0.497 e. The second-order valence-corrected chi connectivity index (χ2v) is 12.0. The van der Waals surface area contributed by atoms with Gasteiger partial charge in [-0.25, -0.2) is 0 Å². The highest BCUT2D eigenvalue weighted by Gasteiger charge is 2.32. The van der Waals surface area contributed by atoms with E-state index in [1.54, 1.807) is 24.1 Å². The van der Waals surface area contributed by atoms with Crippen molar-refractivity contribution in [2.24, 2.45) is 0 Å². The maximum absolute atomic E-state index is 13.9. The van der Waals surface area contributed by atoms with Gasteiger partial charge in [-0.2, -0.15) is 0 Å². The van der Waals surface area contributed by atoms with Crippen LogP contribution in [-0.4, -0.2) is 41.7 Å². The van der Waals surface area contributed by atoms with Gasteiger partial charge in [0.1, 0.15) is 11.8 Å². The molecule has 5 nitrogen and oxygen atoms in total. The van der Waals surface area contributed by atoms with Gasteiger partial charge in [-0.1, -0.05) is 91.0 Å². The van der Waals surface area contributed by atoms with Crippen LogP contribution in [0.15, 0.2) is 72.8 Å². The summed E-state index contributed by atoms with van der Waals surface area (Å²) in [5.41, 5.74) is 2.93. The second kappa shape index (κ2) is 15.4. The van der Waals surface area contributed by atoms with Gasteiger partial charge in [0.15, 0.2) is 0 Å². The van der Waals surface area contributed by atoms with Crippen molar-refractivity contribution in [2.75, 3.05) is 12.9 Å². The third-order valence-electron chi connectivity index (χ3n) is 7.21. The predicted octanol–water partition coefficient (Wildman–Crippen LogP) is 7.32. The average Bonchev–Trinajstić information content (AvgIpc) is 2.98. The van der Waals surface area contributed by atoms with Crippen molar-refractivity contribution in [3.63, 3.8) is 0 Å². The fraction of sp³-hybridized carbons (Fsp3) is 0.375. The molecule has 2 amide bonds. The zero-order chi connectivity index (χ0) is 28.3. The molecule has 4 rings (SSSR count). The van der Waals surface area contributed by atoms with Gasteiger partial charge in [-0.05, 0) is 53.8 Å². The molecule has 1 N–H and O–H groups in total. The summed E-state index contributed by atoms with van der Waals surface area (Å²) in [7, 11) is 1.64. The first-order valence-electron chi connectivity index (χ1n) is 13.7. The Bertz CT molecular complexity index is 1250. The van der Waals surface area contributed by atoms with Crippen LogP contribution >= 0.6 is 35.0 Å². The molecule has 0 spiro atoms. The molecule has 1 fully saturated rings. The van der Waals surface area contributed by atoms with Crippen LogP contribution in [0.5, 0.6) is 5.75 Å². The van der Waals surface area contributed by atoms with Crippen molar-refractivity contribution < 1.29 is 14.3 Å². The maximum Gasteiger partial charge on any atom is 0.243 e. The molecule has 40 heavy (non-hydrogen) atoms. The molecule has 0 heterocycles. The predicted molar refractivity (Wildman–Crippen MR) is 165 cm³/mol. The van der Waals surface area contributed by atoms with Gasteiger partial charge in [0.05, 0.1) is 22.9 Å². The van der Waals surface area contributed by atoms with Crippen molar-refractivity contribution in [1.29, 1.82) is 0 Å². The van der Waals surface area contributed by atoms with Gasteiger partial charge in [0.25, 0.3) is 0 Å². The Kier molecular flexibility index (Phi) is 11.6. The summed E-state index contributed by atoms with van der Waals surface area (Å²) < 4.78 is 5.24. The molecule has 3 aromatic rings. The van der Waals surface area contributed by atoms with Gasteiger partial charge in [-0.15, -0.1) is 11.8 Å². The van der Waals surface area contributed by atoms with Crippen LogP contribution in [0.3, 0.4) is 0 Å². The molecule has 1 aliphatic carbocycles. The Balaban J connectivity index is 1.56. The Hall–Kier alpha value is -2.67. The van der Waals surface area contributed by atoms with Gasteiger partial charge >= 0.3 is 0 Å². The molecule has 212 valence electrons. The van der Waals surface area contributed by atoms with Gasteiger partial charge < -0.3 is 15.0 Å². The number of thioether (sulfide) groups is 1. The lowest BCUT2D eigenvalue weighted by atomic mass is 9.94. The van der Waals surface area contributed by atoms with Crippen LogP contribution in [0.1, 0.15) is 48.8 Å². The summed E-state index contributed by atoms with van der Waals surface area (Å²) in [6.07, 6.45) is 5.80. The Morgan fingerprint density at radius 3 is 2.30 bits per heavy atom. The first-order chi connectivity index (χ1) is 19.4. The number of benzene rings is 3. The lowest BCUT2D eigenvalue weighted by Gasteiger charge is -2.33. The highest BCUT2D eigenvalue weighted by atomic mass is 35.5. The van der Waals surface area contributed by atoms with E-state index in [0.717, 1.165) is 48.1 Å². The molecular formula is C32H36Cl2N2O3S. The zero-order valence-corrected chi connectivity index (χ0v) is 25.1. The standard InChI is InChI=1S/C32H36Cl2N2O3S/c1-39-27-15-12-24(13-16-27)21-40-22-31(37)36(20-25-14-17-28(33)29(34)18-25)30(19-23-8-4-2-5-9-23)32(38)35-26-10-6-3-7-11-26/h2,4-5,8-9,12-18,26,30H,3,6-7,10-11,19-22H2,1H3,(H,35,38)/t30-/m0/s1. The fourth-order valence-corrected chi connectivity index (χ4v) is 6.19. The molecule has 0 aromatic heterocycles. The molecule has 1 aliphatic rings. The zero-order valence-electron chi connectivity index (χ0n) is 22.8. The number of amides is 2. The summed E-state index contributed by atoms with van der Waals surface area (Å²) >= 11 is 14.0. The highest BCUT2D eigenvalue weighted by molar-refractivity contribution is 7.99. The van der Waals surface area contributed by atoms with E-state index in [1.807, 2.05) is 60.7 Å². The first kappa shape index (κ1) is 30.3.